The molecule has 2 aromatic carbocycles. The number of nitrogens with two attached hydrogens (primary N) is 1. The average molecular weight is 269 g/mol. The molecule has 0 aliphatic rings. The van der Waals surface area contributed by atoms with Crippen LogP contribution in [0.1, 0.15) is 6.92 Å². The minimum Gasteiger partial charge on any atom is -0.508 e. The quantitative estimate of drug-likeness (QED) is 0.387. The summed E-state index contributed by atoms with van der Waals surface area (Å²) >= 11 is 0. The Morgan fingerprint density at radius 2 is 1.85 bits per heavy atom. The minimum absolute atomic E-state index is 0.198. The number of benzene rings is 2. The van der Waals surface area contributed by atoms with Gasteiger partial charge in [0.2, 0.25) is 0 Å². The zero-order valence-corrected chi connectivity index (χ0v) is 11.0. The van der Waals surface area contributed by atoms with E-state index < -0.39 is 0 Å². The molecule has 0 aromatic heterocycles. The lowest BCUT2D eigenvalue weighted by molar-refractivity contribution is -0.104. The molecular weight excluding hydrogens is 254 g/mol. The summed E-state index contributed by atoms with van der Waals surface area (Å²) in [5.41, 5.74) is 6.28. The first kappa shape index (κ1) is 13.7. The zero-order valence-electron chi connectivity index (χ0n) is 11.0. The molecule has 2 aromatic rings. The van der Waals surface area contributed by atoms with Crippen molar-refractivity contribution in [3.8, 4) is 11.5 Å². The molecule has 0 aliphatic carbocycles. The van der Waals surface area contributed by atoms with Crippen LogP contribution in [0.3, 0.4) is 0 Å². The first-order valence-electron chi connectivity index (χ1n) is 6.08. The average Bonchev–Trinajstić information content (AvgIpc) is 2.45. The van der Waals surface area contributed by atoms with E-state index in [4.69, 9.17) is 10.5 Å². The van der Waals surface area contributed by atoms with E-state index in [2.05, 4.69) is 0 Å². The molecule has 4 heteroatoms. The molecule has 0 heterocycles. The van der Waals surface area contributed by atoms with Crippen LogP contribution in [-0.4, -0.2) is 11.4 Å². The molecule has 0 saturated heterocycles. The van der Waals surface area contributed by atoms with Crippen molar-refractivity contribution < 1.29 is 14.6 Å². The fourth-order valence-corrected chi connectivity index (χ4v) is 1.70. The molecule has 0 saturated carbocycles. The van der Waals surface area contributed by atoms with E-state index >= 15 is 0 Å². The van der Waals surface area contributed by atoms with Gasteiger partial charge >= 0.3 is 0 Å². The molecule has 0 spiro atoms. The number of carbonyl (C=O) groups excluding carboxylic acids is 1. The van der Waals surface area contributed by atoms with Gasteiger partial charge in [-0.15, -0.1) is 0 Å². The van der Waals surface area contributed by atoms with Crippen LogP contribution >= 0.6 is 0 Å². The van der Waals surface area contributed by atoms with Gasteiger partial charge in [-0.3, -0.25) is 4.79 Å². The van der Waals surface area contributed by atoms with Gasteiger partial charge in [0.05, 0.1) is 0 Å². The second-order valence-electron chi connectivity index (χ2n) is 4.39. The molecule has 0 aliphatic heterocycles. The summed E-state index contributed by atoms with van der Waals surface area (Å²) in [7, 11) is 0. The highest BCUT2D eigenvalue weighted by Gasteiger charge is 2.00. The van der Waals surface area contributed by atoms with Gasteiger partial charge in [0.15, 0.2) is 5.88 Å². The number of hydrogen-bond acceptors (Lipinski definition) is 4. The van der Waals surface area contributed by atoms with Crippen LogP contribution in [0.15, 0.2) is 60.0 Å². The zero-order chi connectivity index (χ0) is 14.5. The van der Waals surface area contributed by atoms with Gasteiger partial charge in [0.1, 0.15) is 17.8 Å². The summed E-state index contributed by atoms with van der Waals surface area (Å²) in [6, 6.07) is 10.5. The number of allylic oxidation sites excluding steroid dienone is 3. The first-order valence-corrected chi connectivity index (χ1v) is 6.08. The van der Waals surface area contributed by atoms with Gasteiger partial charge in [0, 0.05) is 0 Å². The maximum absolute atomic E-state index is 10.5. The van der Waals surface area contributed by atoms with Gasteiger partial charge in [-0.05, 0) is 53.6 Å². The van der Waals surface area contributed by atoms with Crippen LogP contribution in [0.25, 0.3) is 10.8 Å². The molecule has 0 radical (unpaired) electrons. The van der Waals surface area contributed by atoms with E-state index in [1.54, 1.807) is 37.3 Å². The van der Waals surface area contributed by atoms with Crippen molar-refractivity contribution in [2.45, 2.75) is 6.92 Å². The van der Waals surface area contributed by atoms with Crippen molar-refractivity contribution in [3.63, 3.8) is 0 Å². The topological polar surface area (TPSA) is 72.6 Å². The molecular formula is C16H15NO3. The summed E-state index contributed by atoms with van der Waals surface area (Å²) in [5, 5.41) is 11.2. The Kier molecular flexibility index (Phi) is 4.05. The molecule has 0 bridgehead atoms. The number of rotatable bonds is 4. The van der Waals surface area contributed by atoms with Crippen molar-refractivity contribution in [1.29, 1.82) is 0 Å². The number of hydrogen-bond donors (Lipinski definition) is 2. The Balaban J connectivity index is 2.22. The van der Waals surface area contributed by atoms with Crippen LogP contribution in [0, 0.1) is 0 Å². The second-order valence-corrected chi connectivity index (χ2v) is 4.39. The third-order valence-corrected chi connectivity index (χ3v) is 2.73. The van der Waals surface area contributed by atoms with Crippen molar-refractivity contribution >= 4 is 17.1 Å². The molecule has 3 N–H and O–H groups in total. The Morgan fingerprint density at radius 1 is 1.15 bits per heavy atom. The Bertz CT molecular complexity index is 702. The molecule has 0 unspecified atom stereocenters. The monoisotopic (exact) mass is 269 g/mol. The van der Waals surface area contributed by atoms with Gasteiger partial charge in [-0.1, -0.05) is 18.2 Å². The third-order valence-electron chi connectivity index (χ3n) is 2.73. The van der Waals surface area contributed by atoms with Crippen molar-refractivity contribution in [2.75, 3.05) is 0 Å². The fraction of sp³-hybridized carbons (Fsp3) is 0.0625. The Morgan fingerprint density at radius 3 is 2.60 bits per heavy atom. The third kappa shape index (κ3) is 3.38. The molecule has 0 atom stereocenters. The number of phenolic OH excluding ortho intramolecular Hbond substituents is 1. The predicted molar refractivity (Wildman–Crippen MR) is 78.3 cm³/mol. The standard InChI is InChI=1S/C16H15NO3/c1-11(10-18)2-7-16(17)20-15-6-4-12-8-14(19)5-3-13(12)9-15/h2-10,19H,17H2,1H3/b11-2+,16-7+. The van der Waals surface area contributed by atoms with Gasteiger partial charge < -0.3 is 15.6 Å². The Labute approximate surface area is 116 Å². The summed E-state index contributed by atoms with van der Waals surface area (Å²) in [6.45, 7) is 1.68. The lowest BCUT2D eigenvalue weighted by Gasteiger charge is -2.06. The van der Waals surface area contributed by atoms with E-state index in [0.29, 0.717) is 11.3 Å². The maximum Gasteiger partial charge on any atom is 0.190 e. The van der Waals surface area contributed by atoms with E-state index in [9.17, 15) is 9.90 Å². The van der Waals surface area contributed by atoms with Gasteiger partial charge in [0.25, 0.3) is 0 Å². The lowest BCUT2D eigenvalue weighted by atomic mass is 10.1. The number of aromatic hydroxyl groups is 1. The molecule has 0 amide bonds. The molecule has 20 heavy (non-hydrogen) atoms. The number of aldehydes is 1. The molecule has 0 fully saturated rings. The van der Waals surface area contributed by atoms with Crippen molar-refractivity contribution in [1.82, 2.24) is 0 Å². The highest BCUT2D eigenvalue weighted by atomic mass is 16.5. The lowest BCUT2D eigenvalue weighted by Crippen LogP contribution is -2.05. The molecule has 102 valence electrons. The number of fused-ring (bicyclic) bond motifs is 1. The highest BCUT2D eigenvalue weighted by molar-refractivity contribution is 5.85. The van der Waals surface area contributed by atoms with E-state index in [-0.39, 0.29) is 11.6 Å². The van der Waals surface area contributed by atoms with Crippen molar-refractivity contribution in [3.05, 3.63) is 60.0 Å². The maximum atomic E-state index is 10.5. The normalized spacial score (nSPS) is 12.4. The highest BCUT2D eigenvalue weighted by Crippen LogP contribution is 2.24. The molecule has 4 nitrogen and oxygen atoms in total. The number of ether oxygens (including phenoxy) is 1. The number of carbonyl (C=O) groups is 1. The van der Waals surface area contributed by atoms with E-state index in [0.717, 1.165) is 17.1 Å². The van der Waals surface area contributed by atoms with E-state index in [1.165, 1.54) is 6.08 Å². The van der Waals surface area contributed by atoms with Crippen LogP contribution < -0.4 is 10.5 Å². The van der Waals surface area contributed by atoms with E-state index in [1.807, 2.05) is 12.1 Å². The van der Waals surface area contributed by atoms with Crippen LogP contribution in [0.4, 0.5) is 0 Å². The summed E-state index contributed by atoms with van der Waals surface area (Å²) < 4.78 is 5.46. The molecule has 2 rings (SSSR count). The SMILES string of the molecule is C/C(C=O)=C\C=C(/N)Oc1ccc2cc(O)ccc2c1. The summed E-state index contributed by atoms with van der Waals surface area (Å²) in [5.74, 6) is 1.01. The fourth-order valence-electron chi connectivity index (χ4n) is 1.70. The largest absolute Gasteiger partial charge is 0.508 e. The first-order chi connectivity index (χ1) is 9.58. The van der Waals surface area contributed by atoms with Crippen LogP contribution in [0.2, 0.25) is 0 Å². The van der Waals surface area contributed by atoms with Crippen LogP contribution in [-0.2, 0) is 4.79 Å². The van der Waals surface area contributed by atoms with Crippen LogP contribution in [0.5, 0.6) is 11.5 Å². The number of phenols is 1. The van der Waals surface area contributed by atoms with Gasteiger partial charge in [-0.2, -0.15) is 0 Å². The second kappa shape index (κ2) is 5.93. The predicted octanol–water partition coefficient (Wildman–Crippen LogP) is 2.87. The summed E-state index contributed by atoms with van der Waals surface area (Å²) in [6.07, 6.45) is 3.86. The smallest absolute Gasteiger partial charge is 0.190 e. The Hall–Kier alpha value is -2.75. The van der Waals surface area contributed by atoms with Gasteiger partial charge in [-0.25, -0.2) is 0 Å². The van der Waals surface area contributed by atoms with Crippen molar-refractivity contribution in [2.24, 2.45) is 5.73 Å². The minimum atomic E-state index is 0.198. The summed E-state index contributed by atoms with van der Waals surface area (Å²) in [4.78, 5) is 10.5.